The lowest BCUT2D eigenvalue weighted by molar-refractivity contribution is -0.385. The van der Waals surface area contributed by atoms with E-state index in [0.717, 1.165) is 17.9 Å². The van der Waals surface area contributed by atoms with Crippen LogP contribution in [0, 0.1) is 15.9 Å². The zero-order chi connectivity index (χ0) is 17.7. The van der Waals surface area contributed by atoms with E-state index < -0.39 is 28.4 Å². The summed E-state index contributed by atoms with van der Waals surface area (Å²) >= 11 is 0. The summed E-state index contributed by atoms with van der Waals surface area (Å²) in [6.45, 7) is 2.07. The van der Waals surface area contributed by atoms with Crippen molar-refractivity contribution in [2.45, 2.75) is 19.4 Å². The number of amides is 1. The normalized spacial score (nSPS) is 12.0. The number of carbonyl (C=O) groups is 1. The van der Waals surface area contributed by atoms with Gasteiger partial charge in [-0.2, -0.15) is 0 Å². The molecule has 0 radical (unpaired) electrons. The number of nitro groups is 1. The van der Waals surface area contributed by atoms with Gasteiger partial charge < -0.3 is 14.5 Å². The summed E-state index contributed by atoms with van der Waals surface area (Å²) in [6.07, 6.45) is 0.699. The highest BCUT2D eigenvalue weighted by atomic mass is 19.1. The number of non-ortho nitro benzene ring substituents is 1. The number of nitro benzene ring substituents is 1. The molecule has 0 saturated heterocycles. The van der Waals surface area contributed by atoms with Gasteiger partial charge in [0.25, 0.3) is 11.6 Å². The molecule has 1 amide bonds. The number of ether oxygens (including phenoxy) is 1. The van der Waals surface area contributed by atoms with Crippen molar-refractivity contribution in [1.29, 1.82) is 0 Å². The van der Waals surface area contributed by atoms with Crippen LogP contribution in [0.4, 0.5) is 10.1 Å². The van der Waals surface area contributed by atoms with Gasteiger partial charge in [-0.3, -0.25) is 14.9 Å². The van der Waals surface area contributed by atoms with E-state index in [-0.39, 0.29) is 12.2 Å². The molecular formula is C16H17FN2O5. The van der Waals surface area contributed by atoms with E-state index in [1.165, 1.54) is 7.11 Å². The summed E-state index contributed by atoms with van der Waals surface area (Å²) in [5.41, 5.74) is -0.708. The molecule has 7 nitrogen and oxygen atoms in total. The Morgan fingerprint density at radius 3 is 2.71 bits per heavy atom. The van der Waals surface area contributed by atoms with Crippen molar-refractivity contribution in [2.24, 2.45) is 0 Å². The number of benzene rings is 1. The molecule has 0 bridgehead atoms. The van der Waals surface area contributed by atoms with Crippen LogP contribution in [0.25, 0.3) is 0 Å². The smallest absolute Gasteiger partial charge is 0.272 e. The fourth-order valence-corrected chi connectivity index (χ4v) is 2.17. The first-order valence-electron chi connectivity index (χ1n) is 7.28. The molecule has 1 atom stereocenters. The first kappa shape index (κ1) is 17.6. The molecule has 0 saturated carbocycles. The number of furan rings is 1. The molecule has 0 spiro atoms. The quantitative estimate of drug-likeness (QED) is 0.619. The predicted molar refractivity (Wildman–Crippen MR) is 83.2 cm³/mol. The number of nitrogens with one attached hydrogen (secondary N) is 1. The topological polar surface area (TPSA) is 94.6 Å². The van der Waals surface area contributed by atoms with Gasteiger partial charge in [-0.1, -0.05) is 6.92 Å². The first-order chi connectivity index (χ1) is 11.5. The van der Waals surface area contributed by atoms with Gasteiger partial charge in [-0.25, -0.2) is 4.39 Å². The van der Waals surface area contributed by atoms with Gasteiger partial charge in [0.15, 0.2) is 0 Å². The van der Waals surface area contributed by atoms with Gasteiger partial charge in [0.1, 0.15) is 23.4 Å². The van der Waals surface area contributed by atoms with Crippen LogP contribution in [0.15, 0.2) is 34.7 Å². The Labute approximate surface area is 137 Å². The van der Waals surface area contributed by atoms with Crippen LogP contribution in [-0.2, 0) is 11.2 Å². The third kappa shape index (κ3) is 3.96. The molecule has 0 fully saturated rings. The molecule has 0 aliphatic rings. The van der Waals surface area contributed by atoms with E-state index in [2.05, 4.69) is 5.32 Å². The highest BCUT2D eigenvalue weighted by Crippen LogP contribution is 2.20. The number of methoxy groups -OCH3 is 1. The van der Waals surface area contributed by atoms with Crippen molar-refractivity contribution in [2.75, 3.05) is 13.7 Å². The van der Waals surface area contributed by atoms with Gasteiger partial charge >= 0.3 is 0 Å². The van der Waals surface area contributed by atoms with Crippen LogP contribution in [0.5, 0.6) is 0 Å². The Kier molecular flexibility index (Phi) is 5.64. The van der Waals surface area contributed by atoms with Crippen LogP contribution in [0.1, 0.15) is 34.8 Å². The number of hydrogen-bond donors (Lipinski definition) is 1. The highest BCUT2D eigenvalue weighted by molar-refractivity contribution is 5.94. The van der Waals surface area contributed by atoms with Crippen LogP contribution in [0.2, 0.25) is 0 Å². The van der Waals surface area contributed by atoms with Crippen molar-refractivity contribution < 1.29 is 23.3 Å². The molecule has 0 aliphatic heterocycles. The van der Waals surface area contributed by atoms with Gasteiger partial charge in [0.2, 0.25) is 0 Å². The summed E-state index contributed by atoms with van der Waals surface area (Å²) in [5.74, 6) is -0.434. The van der Waals surface area contributed by atoms with Crippen molar-refractivity contribution in [3.8, 4) is 0 Å². The second-order valence-corrected chi connectivity index (χ2v) is 5.06. The molecule has 2 rings (SSSR count). The summed E-state index contributed by atoms with van der Waals surface area (Å²) in [7, 11) is 1.47. The molecule has 2 aromatic rings. The monoisotopic (exact) mass is 336 g/mol. The Balaban J connectivity index is 2.20. The maximum Gasteiger partial charge on any atom is 0.272 e. The van der Waals surface area contributed by atoms with E-state index in [1.807, 2.05) is 6.92 Å². The fourth-order valence-electron chi connectivity index (χ4n) is 2.17. The number of carbonyl (C=O) groups excluding carboxylic acids is 1. The Bertz CT molecular complexity index is 744. The van der Waals surface area contributed by atoms with E-state index in [1.54, 1.807) is 12.1 Å². The van der Waals surface area contributed by atoms with Crippen LogP contribution in [0.3, 0.4) is 0 Å². The van der Waals surface area contributed by atoms with Crippen molar-refractivity contribution in [3.05, 3.63) is 63.3 Å². The van der Waals surface area contributed by atoms with Crippen LogP contribution in [-0.4, -0.2) is 24.5 Å². The van der Waals surface area contributed by atoms with Crippen molar-refractivity contribution in [1.82, 2.24) is 5.32 Å². The second-order valence-electron chi connectivity index (χ2n) is 5.06. The predicted octanol–water partition coefficient (Wildman–Crippen LogP) is 3.01. The van der Waals surface area contributed by atoms with Gasteiger partial charge in [-0.15, -0.1) is 0 Å². The zero-order valence-corrected chi connectivity index (χ0v) is 13.2. The molecule has 8 heteroatoms. The van der Waals surface area contributed by atoms with E-state index in [4.69, 9.17) is 9.15 Å². The molecule has 1 N–H and O–H groups in total. The van der Waals surface area contributed by atoms with E-state index in [9.17, 15) is 19.3 Å². The summed E-state index contributed by atoms with van der Waals surface area (Å²) < 4.78 is 24.6. The lowest BCUT2D eigenvalue weighted by Gasteiger charge is -2.16. The SMILES string of the molecule is CCc1ccc([C@@H](COC)NC(=O)c2ccc([N+](=O)[O-])cc2F)o1. The first-order valence-corrected chi connectivity index (χ1v) is 7.28. The average molecular weight is 336 g/mol. The Morgan fingerprint density at radius 1 is 1.42 bits per heavy atom. The minimum Gasteiger partial charge on any atom is -0.464 e. The number of halogens is 1. The largest absolute Gasteiger partial charge is 0.464 e. The molecule has 0 aliphatic carbocycles. The van der Waals surface area contributed by atoms with Crippen LogP contribution < -0.4 is 5.32 Å². The lowest BCUT2D eigenvalue weighted by atomic mass is 10.1. The maximum absolute atomic E-state index is 13.9. The zero-order valence-electron chi connectivity index (χ0n) is 13.2. The molecule has 0 unspecified atom stereocenters. The third-order valence-electron chi connectivity index (χ3n) is 3.42. The standard InChI is InChI=1S/C16H17FN2O5/c1-3-11-5-7-15(24-11)14(9-23-2)18-16(20)12-6-4-10(19(21)22)8-13(12)17/h4-8,14H,3,9H2,1-2H3,(H,18,20)/t14-/m1/s1. The Morgan fingerprint density at radius 2 is 2.17 bits per heavy atom. The molecule has 24 heavy (non-hydrogen) atoms. The molecule has 1 heterocycles. The van der Waals surface area contributed by atoms with Gasteiger partial charge in [0.05, 0.1) is 23.2 Å². The van der Waals surface area contributed by atoms with E-state index >= 15 is 0 Å². The summed E-state index contributed by atoms with van der Waals surface area (Å²) in [4.78, 5) is 22.2. The van der Waals surface area contributed by atoms with Crippen molar-refractivity contribution >= 4 is 11.6 Å². The Hall–Kier alpha value is -2.74. The summed E-state index contributed by atoms with van der Waals surface area (Å²) in [6, 6.07) is 5.77. The summed E-state index contributed by atoms with van der Waals surface area (Å²) in [5, 5.41) is 13.2. The minimum atomic E-state index is -0.966. The van der Waals surface area contributed by atoms with Crippen LogP contribution >= 0.6 is 0 Å². The minimum absolute atomic E-state index is 0.136. The number of hydrogen-bond acceptors (Lipinski definition) is 5. The number of aryl methyl sites for hydroxylation is 1. The molecule has 1 aromatic carbocycles. The molecule has 128 valence electrons. The third-order valence-corrected chi connectivity index (χ3v) is 3.42. The average Bonchev–Trinajstić information content (AvgIpc) is 3.03. The maximum atomic E-state index is 13.9. The fraction of sp³-hybridized carbons (Fsp3) is 0.312. The molecular weight excluding hydrogens is 319 g/mol. The van der Waals surface area contributed by atoms with Gasteiger partial charge in [-0.05, 0) is 18.2 Å². The number of rotatable bonds is 7. The van der Waals surface area contributed by atoms with Crippen molar-refractivity contribution in [3.63, 3.8) is 0 Å². The highest BCUT2D eigenvalue weighted by Gasteiger charge is 2.22. The number of nitrogens with zero attached hydrogens (tertiary/aromatic N) is 1. The van der Waals surface area contributed by atoms with Gasteiger partial charge in [0, 0.05) is 19.6 Å². The lowest BCUT2D eigenvalue weighted by Crippen LogP contribution is -2.31. The van der Waals surface area contributed by atoms with E-state index in [0.29, 0.717) is 18.2 Å². The second kappa shape index (κ2) is 7.69. The molecule has 1 aromatic heterocycles.